The summed E-state index contributed by atoms with van der Waals surface area (Å²) in [6.45, 7) is 11.3. The standard InChI is InChI=1S/C26H37F2N5O3/c1-15(2)32-11-9-21(18(14-32)22(29)16-6-7-19(27)20(28)12-16)30-25(36)31-23(26(3,4)5)24(35)33-10-8-17(34)13-33/h6-7,12,15,17,23,34H,8-11,13-14,29H2,1-5H3,(H,31,36)/t17-,23+/m0/s1. The first kappa shape index (κ1) is 27.7. The molecule has 10 heteroatoms. The molecule has 4 N–H and O–H groups in total. The molecule has 0 unspecified atom stereocenters. The van der Waals surface area contributed by atoms with Crippen LogP contribution < -0.4 is 11.1 Å². The van der Waals surface area contributed by atoms with Gasteiger partial charge < -0.3 is 21.1 Å². The monoisotopic (exact) mass is 505 g/mol. The summed E-state index contributed by atoms with van der Waals surface area (Å²) in [5.74, 6) is -2.25. The molecule has 0 aromatic heterocycles. The number of β-amino-alcohol motifs (C(OH)–C–C–N with tert-alkyl or cyclic N) is 1. The van der Waals surface area contributed by atoms with Crippen molar-refractivity contribution >= 4 is 23.3 Å². The maximum absolute atomic E-state index is 13.9. The summed E-state index contributed by atoms with van der Waals surface area (Å²) in [5.41, 5.74) is 7.35. The normalized spacial score (nSPS) is 22.8. The number of carbonyl (C=O) groups excluding carboxylic acids is 2. The van der Waals surface area contributed by atoms with Crippen molar-refractivity contribution in [2.75, 3.05) is 26.2 Å². The second kappa shape index (κ2) is 11.0. The lowest BCUT2D eigenvalue weighted by molar-refractivity contribution is -0.135. The van der Waals surface area contributed by atoms with Gasteiger partial charge in [0.2, 0.25) is 5.91 Å². The fraction of sp³-hybridized carbons (Fsp3) is 0.577. The average Bonchev–Trinajstić information content (AvgIpc) is 3.24. The van der Waals surface area contributed by atoms with Crippen LogP contribution >= 0.6 is 0 Å². The van der Waals surface area contributed by atoms with Crippen LogP contribution in [0.4, 0.5) is 13.6 Å². The number of urea groups is 1. The van der Waals surface area contributed by atoms with Crippen molar-refractivity contribution in [3.8, 4) is 0 Å². The van der Waals surface area contributed by atoms with Crippen molar-refractivity contribution in [3.05, 3.63) is 41.0 Å². The van der Waals surface area contributed by atoms with Crippen LogP contribution in [0.25, 0.3) is 5.70 Å². The molecule has 2 atom stereocenters. The number of aliphatic hydroxyl groups is 1. The molecule has 8 nitrogen and oxygen atoms in total. The van der Waals surface area contributed by atoms with Crippen molar-refractivity contribution in [2.45, 2.75) is 65.6 Å². The van der Waals surface area contributed by atoms with Crippen LogP contribution in [0.2, 0.25) is 0 Å². The zero-order valence-electron chi connectivity index (χ0n) is 21.6. The summed E-state index contributed by atoms with van der Waals surface area (Å²) < 4.78 is 27.4. The predicted octanol–water partition coefficient (Wildman–Crippen LogP) is 2.91. The van der Waals surface area contributed by atoms with Gasteiger partial charge in [-0.15, -0.1) is 0 Å². The number of carbonyl (C=O) groups is 2. The van der Waals surface area contributed by atoms with E-state index in [2.05, 4.69) is 15.2 Å². The molecule has 0 aliphatic carbocycles. The van der Waals surface area contributed by atoms with E-state index in [1.165, 1.54) is 6.07 Å². The topological polar surface area (TPSA) is 111 Å². The number of piperidine rings is 1. The average molecular weight is 506 g/mol. The molecule has 2 heterocycles. The molecular weight excluding hydrogens is 468 g/mol. The number of nitrogens with two attached hydrogens (primary N) is 1. The number of halogens is 2. The Morgan fingerprint density at radius 2 is 1.89 bits per heavy atom. The molecule has 0 radical (unpaired) electrons. The van der Waals surface area contributed by atoms with E-state index in [4.69, 9.17) is 5.73 Å². The van der Waals surface area contributed by atoms with Gasteiger partial charge >= 0.3 is 6.03 Å². The molecule has 0 saturated carbocycles. The van der Waals surface area contributed by atoms with Crippen LogP contribution in [0.1, 0.15) is 53.0 Å². The molecule has 2 saturated heterocycles. The Kier molecular flexibility index (Phi) is 8.51. The number of aliphatic imine (C=N–C) groups is 1. The van der Waals surface area contributed by atoms with Crippen LogP contribution in [0.5, 0.6) is 0 Å². The van der Waals surface area contributed by atoms with Crippen molar-refractivity contribution in [3.63, 3.8) is 0 Å². The summed E-state index contributed by atoms with van der Waals surface area (Å²) in [4.78, 5) is 34.2. The zero-order chi connectivity index (χ0) is 26.8. The minimum absolute atomic E-state index is 0.201. The van der Waals surface area contributed by atoms with Gasteiger partial charge in [-0.3, -0.25) is 9.69 Å². The lowest BCUT2D eigenvalue weighted by atomic mass is 9.86. The number of amides is 3. The minimum Gasteiger partial charge on any atom is -0.398 e. The Hall–Kier alpha value is -2.85. The molecule has 3 rings (SSSR count). The predicted molar refractivity (Wildman–Crippen MR) is 135 cm³/mol. The first-order chi connectivity index (χ1) is 16.8. The van der Waals surface area contributed by atoms with Gasteiger partial charge in [-0.25, -0.2) is 13.6 Å². The third kappa shape index (κ3) is 6.47. The molecule has 36 heavy (non-hydrogen) atoms. The highest BCUT2D eigenvalue weighted by Gasteiger charge is 2.38. The number of benzene rings is 1. The SMILES string of the molecule is CC(C)N1CCC(=NC(=O)N[C@H](C(=O)N2CC[C@H](O)C2)C(C)(C)C)C(=C(N)c2ccc(F)c(F)c2)C1. The van der Waals surface area contributed by atoms with E-state index in [0.717, 1.165) is 12.1 Å². The Morgan fingerprint density at radius 1 is 1.19 bits per heavy atom. The van der Waals surface area contributed by atoms with E-state index in [1.54, 1.807) is 4.90 Å². The number of likely N-dealkylation sites (tertiary alicyclic amines) is 2. The second-order valence-corrected chi connectivity index (χ2v) is 10.9. The van der Waals surface area contributed by atoms with Gasteiger partial charge in [-0.05, 0) is 43.9 Å². The molecule has 2 fully saturated rings. The summed E-state index contributed by atoms with van der Waals surface area (Å²) >= 11 is 0. The van der Waals surface area contributed by atoms with Crippen molar-refractivity contribution in [1.82, 2.24) is 15.1 Å². The molecule has 1 aromatic carbocycles. The molecule has 2 aliphatic rings. The third-order valence-corrected chi connectivity index (χ3v) is 6.72. The van der Waals surface area contributed by atoms with Gasteiger partial charge in [-0.1, -0.05) is 20.8 Å². The maximum atomic E-state index is 13.9. The minimum atomic E-state index is -1.01. The Labute approximate surface area is 211 Å². The van der Waals surface area contributed by atoms with E-state index < -0.39 is 35.2 Å². The number of nitrogens with one attached hydrogen (secondary N) is 1. The summed E-state index contributed by atoms with van der Waals surface area (Å²) in [7, 11) is 0. The fourth-order valence-electron chi connectivity index (χ4n) is 4.47. The highest BCUT2D eigenvalue weighted by atomic mass is 19.2. The highest BCUT2D eigenvalue weighted by Crippen LogP contribution is 2.26. The molecule has 1 aromatic rings. The second-order valence-electron chi connectivity index (χ2n) is 10.9. The van der Waals surface area contributed by atoms with Crippen molar-refractivity contribution in [2.24, 2.45) is 16.1 Å². The van der Waals surface area contributed by atoms with Crippen LogP contribution in [-0.2, 0) is 4.79 Å². The first-order valence-electron chi connectivity index (χ1n) is 12.3. The molecule has 0 spiro atoms. The Morgan fingerprint density at radius 3 is 2.44 bits per heavy atom. The number of aliphatic hydroxyl groups excluding tert-OH is 1. The number of nitrogens with zero attached hydrogens (tertiary/aromatic N) is 3. The summed E-state index contributed by atoms with van der Waals surface area (Å²) in [5, 5.41) is 12.6. The van der Waals surface area contributed by atoms with Gasteiger partial charge in [0.05, 0.1) is 11.8 Å². The lowest BCUT2D eigenvalue weighted by Gasteiger charge is -2.34. The summed E-state index contributed by atoms with van der Waals surface area (Å²) in [6.07, 6.45) is 0.365. The lowest BCUT2D eigenvalue weighted by Crippen LogP contribution is -2.54. The van der Waals surface area contributed by atoms with E-state index in [0.29, 0.717) is 49.3 Å². The fourth-order valence-corrected chi connectivity index (χ4v) is 4.47. The van der Waals surface area contributed by atoms with Gasteiger partial charge in [0.15, 0.2) is 11.6 Å². The smallest absolute Gasteiger partial charge is 0.341 e. The van der Waals surface area contributed by atoms with Crippen LogP contribution in [0.15, 0.2) is 28.8 Å². The third-order valence-electron chi connectivity index (χ3n) is 6.72. The molecular formula is C26H37F2N5O3. The van der Waals surface area contributed by atoms with E-state index in [9.17, 15) is 23.5 Å². The first-order valence-corrected chi connectivity index (χ1v) is 12.3. The van der Waals surface area contributed by atoms with E-state index in [-0.39, 0.29) is 24.2 Å². The molecule has 3 amide bonds. The van der Waals surface area contributed by atoms with Crippen molar-refractivity contribution in [1.29, 1.82) is 0 Å². The number of hydrogen-bond donors (Lipinski definition) is 3. The zero-order valence-corrected chi connectivity index (χ0v) is 21.6. The maximum Gasteiger partial charge on any atom is 0.341 e. The van der Waals surface area contributed by atoms with Gasteiger partial charge in [0.1, 0.15) is 6.04 Å². The van der Waals surface area contributed by atoms with Crippen LogP contribution in [-0.4, -0.2) is 76.9 Å². The summed E-state index contributed by atoms with van der Waals surface area (Å²) in [6, 6.07) is 2.12. The van der Waals surface area contributed by atoms with Gasteiger partial charge in [0, 0.05) is 55.5 Å². The highest BCUT2D eigenvalue weighted by molar-refractivity contribution is 6.11. The number of rotatable bonds is 4. The van der Waals surface area contributed by atoms with E-state index >= 15 is 0 Å². The van der Waals surface area contributed by atoms with Crippen LogP contribution in [0.3, 0.4) is 0 Å². The Balaban J connectivity index is 1.91. The quantitative estimate of drug-likeness (QED) is 0.583. The largest absolute Gasteiger partial charge is 0.398 e. The molecule has 198 valence electrons. The van der Waals surface area contributed by atoms with E-state index in [1.807, 2.05) is 34.6 Å². The number of hydrogen-bond acceptors (Lipinski definition) is 5. The van der Waals surface area contributed by atoms with Gasteiger partial charge in [-0.2, -0.15) is 4.99 Å². The molecule has 0 bridgehead atoms. The van der Waals surface area contributed by atoms with Crippen molar-refractivity contribution < 1.29 is 23.5 Å². The molecule has 2 aliphatic heterocycles. The van der Waals surface area contributed by atoms with Gasteiger partial charge in [0.25, 0.3) is 0 Å². The van der Waals surface area contributed by atoms with Crippen LogP contribution in [0, 0.1) is 17.0 Å². The Bertz CT molecular complexity index is 1060.